The van der Waals surface area contributed by atoms with Crippen LogP contribution >= 0.6 is 0 Å². The molecule has 2 aliphatic heterocycles. The van der Waals surface area contributed by atoms with Crippen LogP contribution in [0.3, 0.4) is 0 Å². The standard InChI is InChI=1S/C41H53N7O5Si/c1-41(2,3)54(5,6)51-19-9-10-28-13-16-32(24-44-28)52-33-21-34(22-33)53-39-20-29(17-18-43-39)48-30-14-15-31(48)26-47(25-30)37-23-36(45-46-40(37)42)35-11-7-8-12-38(35)50-27-49-4/h7-13,16-18,20,23-24,30-31,33-34H,14-15,19,21-22,25-27H2,1-6H3,(H2,42,46)/b10-9+/t30?,31?,33-,34-. The van der Waals surface area contributed by atoms with Gasteiger partial charge in [-0.2, -0.15) is 0 Å². The molecule has 2 saturated heterocycles. The third kappa shape index (κ3) is 8.48. The van der Waals surface area contributed by atoms with E-state index in [0.717, 1.165) is 67.2 Å². The maximum Gasteiger partial charge on any atom is 0.215 e. The maximum atomic E-state index is 6.44. The number of benzene rings is 1. The molecular formula is C41H53N7O5Si. The van der Waals surface area contributed by atoms with Gasteiger partial charge in [-0.25, -0.2) is 4.98 Å². The quantitative estimate of drug-likeness (QED) is 0.102. The molecule has 3 aromatic heterocycles. The summed E-state index contributed by atoms with van der Waals surface area (Å²) < 4.78 is 29.7. The summed E-state index contributed by atoms with van der Waals surface area (Å²) in [7, 11) is -0.163. The SMILES string of the molecule is COCOc1ccccc1-c1cc(N2CC3CCC(C2)N3c2ccnc(O[C@H]3C[C@H](Oc4ccc(/C=C/CO[Si](C)(C)C(C)(C)C)nc4)C3)c2)c(N)nn1. The summed E-state index contributed by atoms with van der Waals surface area (Å²) in [5, 5.41) is 8.96. The first-order chi connectivity index (χ1) is 26.0. The molecule has 12 nitrogen and oxygen atoms in total. The minimum atomic E-state index is -1.76. The van der Waals surface area contributed by atoms with E-state index < -0.39 is 8.32 Å². The normalized spacial score (nSPS) is 21.3. The van der Waals surface area contributed by atoms with Crippen LogP contribution in [-0.4, -0.2) is 86.4 Å². The van der Waals surface area contributed by atoms with E-state index in [0.29, 0.717) is 41.8 Å². The zero-order valence-corrected chi connectivity index (χ0v) is 33.3. The second-order valence-corrected chi connectivity index (χ2v) is 20.7. The number of fused-ring (bicyclic) bond motifs is 2. The van der Waals surface area contributed by atoms with Gasteiger partial charge in [-0.1, -0.05) is 39.0 Å². The van der Waals surface area contributed by atoms with E-state index in [9.17, 15) is 0 Å². The fourth-order valence-corrected chi connectivity index (χ4v) is 8.07. The number of methoxy groups -OCH3 is 1. The fraction of sp³-hybridized carbons (Fsp3) is 0.463. The second-order valence-electron chi connectivity index (χ2n) is 15.9. The number of hydrogen-bond acceptors (Lipinski definition) is 12. The average molecular weight is 752 g/mol. The molecule has 3 fully saturated rings. The number of pyridine rings is 2. The lowest BCUT2D eigenvalue weighted by atomic mass is 9.92. The van der Waals surface area contributed by atoms with Crippen molar-refractivity contribution in [3.8, 4) is 28.6 Å². The van der Waals surface area contributed by atoms with Gasteiger partial charge in [0.25, 0.3) is 0 Å². The molecule has 1 aliphatic carbocycles. The van der Waals surface area contributed by atoms with E-state index >= 15 is 0 Å². The predicted octanol–water partition coefficient (Wildman–Crippen LogP) is 7.38. The Morgan fingerprint density at radius 1 is 0.926 bits per heavy atom. The Labute approximate surface area is 319 Å². The predicted molar refractivity (Wildman–Crippen MR) is 215 cm³/mol. The number of anilines is 3. The molecule has 286 valence electrons. The number of hydrogen-bond donors (Lipinski definition) is 1. The Morgan fingerprint density at radius 2 is 1.69 bits per heavy atom. The Morgan fingerprint density at radius 3 is 2.41 bits per heavy atom. The van der Waals surface area contributed by atoms with E-state index in [1.807, 2.05) is 60.8 Å². The smallest absolute Gasteiger partial charge is 0.215 e. The van der Waals surface area contributed by atoms with Crippen molar-refractivity contribution in [2.24, 2.45) is 0 Å². The van der Waals surface area contributed by atoms with Crippen LogP contribution < -0.4 is 29.7 Å². The van der Waals surface area contributed by atoms with Crippen molar-refractivity contribution in [2.45, 2.75) is 88.9 Å². The fourth-order valence-electron chi connectivity index (χ4n) is 7.12. The van der Waals surface area contributed by atoms with Crippen molar-refractivity contribution >= 4 is 31.6 Å². The lowest BCUT2D eigenvalue weighted by molar-refractivity contribution is 0.00210. The van der Waals surface area contributed by atoms with Crippen LogP contribution in [0.25, 0.3) is 17.3 Å². The lowest BCUT2D eigenvalue weighted by Crippen LogP contribution is -2.54. The number of nitrogen functional groups attached to an aromatic ring is 1. The Bertz CT molecular complexity index is 1900. The van der Waals surface area contributed by atoms with Gasteiger partial charge in [-0.15, -0.1) is 10.2 Å². The molecule has 13 heteroatoms. The molecule has 5 heterocycles. The third-order valence-electron chi connectivity index (χ3n) is 11.2. The molecule has 1 aromatic carbocycles. The number of nitrogens with two attached hydrogens (primary N) is 1. The lowest BCUT2D eigenvalue weighted by Gasteiger charge is -2.43. The van der Waals surface area contributed by atoms with Crippen LogP contribution in [0.2, 0.25) is 18.1 Å². The number of piperazine rings is 1. The second kappa shape index (κ2) is 15.9. The molecule has 1 saturated carbocycles. The van der Waals surface area contributed by atoms with Gasteiger partial charge < -0.3 is 38.9 Å². The number of nitrogens with zero attached hydrogens (tertiary/aromatic N) is 6. The van der Waals surface area contributed by atoms with Crippen LogP contribution in [0.5, 0.6) is 17.4 Å². The summed E-state index contributed by atoms with van der Waals surface area (Å²) >= 11 is 0. The molecule has 0 spiro atoms. The molecule has 2 N–H and O–H groups in total. The highest BCUT2D eigenvalue weighted by Gasteiger charge is 2.41. The summed E-state index contributed by atoms with van der Waals surface area (Å²) in [6, 6.07) is 18.6. The van der Waals surface area contributed by atoms with Gasteiger partial charge in [0, 0.05) is 68.6 Å². The van der Waals surface area contributed by atoms with Gasteiger partial charge in [-0.3, -0.25) is 4.98 Å². The number of rotatable bonds is 14. The van der Waals surface area contributed by atoms with Crippen molar-refractivity contribution in [2.75, 3.05) is 49.1 Å². The molecule has 3 aliphatic rings. The summed E-state index contributed by atoms with van der Waals surface area (Å²) in [6.07, 6.45) is 11.6. The van der Waals surface area contributed by atoms with E-state index in [4.69, 9.17) is 29.1 Å². The van der Waals surface area contributed by atoms with Crippen LogP contribution in [-0.2, 0) is 9.16 Å². The molecular weight excluding hydrogens is 699 g/mol. The summed E-state index contributed by atoms with van der Waals surface area (Å²) in [5.41, 5.74) is 10.9. The number of aromatic nitrogens is 4. The molecule has 54 heavy (non-hydrogen) atoms. The van der Waals surface area contributed by atoms with Gasteiger partial charge in [-0.05, 0) is 73.4 Å². The Balaban J connectivity index is 0.911. The largest absolute Gasteiger partial charge is 0.489 e. The summed E-state index contributed by atoms with van der Waals surface area (Å²) in [5.74, 6) is 2.52. The summed E-state index contributed by atoms with van der Waals surface area (Å²) in [4.78, 5) is 14.0. The van der Waals surface area contributed by atoms with Crippen molar-refractivity contribution in [1.29, 1.82) is 0 Å². The number of ether oxygens (including phenoxy) is 4. The molecule has 4 aromatic rings. The highest BCUT2D eigenvalue weighted by Crippen LogP contribution is 2.40. The van der Waals surface area contributed by atoms with Crippen molar-refractivity contribution in [3.05, 3.63) is 78.8 Å². The van der Waals surface area contributed by atoms with Crippen LogP contribution in [0, 0.1) is 0 Å². The average Bonchev–Trinajstić information content (AvgIpc) is 3.41. The summed E-state index contributed by atoms with van der Waals surface area (Å²) in [6.45, 7) is 13.7. The van der Waals surface area contributed by atoms with Crippen LogP contribution in [0.15, 0.2) is 73.1 Å². The minimum Gasteiger partial charge on any atom is -0.489 e. The van der Waals surface area contributed by atoms with Gasteiger partial charge in [0.1, 0.15) is 23.7 Å². The van der Waals surface area contributed by atoms with Gasteiger partial charge in [0.2, 0.25) is 5.88 Å². The zero-order valence-electron chi connectivity index (χ0n) is 32.3. The third-order valence-corrected chi connectivity index (χ3v) is 15.7. The van der Waals surface area contributed by atoms with Crippen molar-refractivity contribution in [1.82, 2.24) is 20.2 Å². The molecule has 0 amide bonds. The first-order valence-electron chi connectivity index (χ1n) is 18.9. The maximum absolute atomic E-state index is 6.44. The van der Waals surface area contributed by atoms with Crippen LogP contribution in [0.4, 0.5) is 17.2 Å². The first-order valence-corrected chi connectivity index (χ1v) is 21.8. The minimum absolute atomic E-state index is 0.0591. The van der Waals surface area contributed by atoms with E-state index in [2.05, 4.69) is 76.0 Å². The Kier molecular flexibility index (Phi) is 11.1. The topological polar surface area (TPSA) is 130 Å². The molecule has 0 radical (unpaired) electrons. The van der Waals surface area contributed by atoms with Gasteiger partial charge in [0.15, 0.2) is 20.9 Å². The monoisotopic (exact) mass is 751 g/mol. The first kappa shape index (κ1) is 37.6. The highest BCUT2D eigenvalue weighted by molar-refractivity contribution is 6.74. The van der Waals surface area contributed by atoms with E-state index in [1.165, 1.54) is 0 Å². The number of para-hydroxylation sites is 1. The molecule has 7 rings (SSSR count). The van der Waals surface area contributed by atoms with Gasteiger partial charge >= 0.3 is 0 Å². The van der Waals surface area contributed by atoms with E-state index in [1.54, 1.807) is 13.3 Å². The van der Waals surface area contributed by atoms with Crippen LogP contribution in [0.1, 0.15) is 52.1 Å². The Hall–Kier alpha value is -4.72. The molecule has 2 atom stereocenters. The molecule has 2 bridgehead atoms. The highest BCUT2D eigenvalue weighted by atomic mass is 28.4. The molecule has 2 unspecified atom stereocenters. The van der Waals surface area contributed by atoms with Crippen molar-refractivity contribution < 1.29 is 23.4 Å². The van der Waals surface area contributed by atoms with Crippen molar-refractivity contribution in [3.63, 3.8) is 0 Å². The van der Waals surface area contributed by atoms with Gasteiger partial charge in [0.05, 0.1) is 29.9 Å². The zero-order chi connectivity index (χ0) is 37.9. The van der Waals surface area contributed by atoms with E-state index in [-0.39, 0.29) is 24.0 Å².